The van der Waals surface area contributed by atoms with Gasteiger partial charge in [-0.15, -0.1) is 0 Å². The monoisotopic (exact) mass is 402 g/mol. The predicted octanol–water partition coefficient (Wildman–Crippen LogP) is 2.77. The summed E-state index contributed by atoms with van der Waals surface area (Å²) in [6.07, 6.45) is 4.66. The van der Waals surface area contributed by atoms with Crippen LogP contribution in [0, 0.1) is 5.92 Å². The molecule has 1 aromatic rings. The van der Waals surface area contributed by atoms with Gasteiger partial charge in [0.1, 0.15) is 5.75 Å². The van der Waals surface area contributed by atoms with Crippen LogP contribution in [0.25, 0.3) is 0 Å². The Balaban J connectivity index is 1.59. The normalized spacial score (nSPS) is 21.0. The summed E-state index contributed by atoms with van der Waals surface area (Å²) in [5.74, 6) is -0.866. The molecule has 1 aromatic carbocycles. The van der Waals surface area contributed by atoms with Crippen molar-refractivity contribution in [1.29, 1.82) is 0 Å². The van der Waals surface area contributed by atoms with Gasteiger partial charge in [0.05, 0.1) is 18.7 Å². The summed E-state index contributed by atoms with van der Waals surface area (Å²) in [6.45, 7) is 1.83. The summed E-state index contributed by atoms with van der Waals surface area (Å²) in [7, 11) is 3.33. The van der Waals surface area contributed by atoms with Gasteiger partial charge in [0, 0.05) is 26.1 Å². The summed E-state index contributed by atoms with van der Waals surface area (Å²) in [5, 5.41) is 0. The van der Waals surface area contributed by atoms with E-state index in [1.165, 1.54) is 6.42 Å². The zero-order chi connectivity index (χ0) is 21.0. The van der Waals surface area contributed by atoms with Crippen molar-refractivity contribution in [2.75, 3.05) is 25.6 Å². The average Bonchev–Trinajstić information content (AvgIpc) is 3.14. The number of esters is 1. The molecule has 0 bridgehead atoms. The van der Waals surface area contributed by atoms with Crippen LogP contribution in [0.2, 0.25) is 0 Å². The van der Waals surface area contributed by atoms with Gasteiger partial charge in [-0.1, -0.05) is 31.4 Å². The van der Waals surface area contributed by atoms with Crippen LogP contribution >= 0.6 is 0 Å². The first-order valence-corrected chi connectivity index (χ1v) is 10.3. The van der Waals surface area contributed by atoms with E-state index in [4.69, 9.17) is 9.47 Å². The molecule has 158 valence electrons. The van der Waals surface area contributed by atoms with Crippen LogP contribution in [-0.2, 0) is 19.1 Å². The number of benzene rings is 1. The molecule has 7 heteroatoms. The number of amides is 2. The Labute approximate surface area is 171 Å². The molecule has 1 saturated heterocycles. The van der Waals surface area contributed by atoms with Gasteiger partial charge in [-0.05, 0) is 31.9 Å². The molecular weight excluding hydrogens is 372 g/mol. The van der Waals surface area contributed by atoms with Crippen LogP contribution in [0.4, 0.5) is 5.69 Å². The first-order valence-electron chi connectivity index (χ1n) is 10.3. The lowest BCUT2D eigenvalue weighted by Gasteiger charge is -2.32. The molecule has 2 fully saturated rings. The topological polar surface area (TPSA) is 76.2 Å². The number of likely N-dealkylation sites (N-methyl/N-ethyl adjacent to an activating group) is 1. The first kappa shape index (κ1) is 21.1. The first-order chi connectivity index (χ1) is 13.9. The molecule has 2 unspecified atom stereocenters. The maximum Gasteiger partial charge on any atom is 0.312 e. The third-order valence-electron chi connectivity index (χ3n) is 5.95. The number of ether oxygens (including phenoxy) is 2. The van der Waals surface area contributed by atoms with Gasteiger partial charge in [0.15, 0.2) is 6.10 Å². The van der Waals surface area contributed by atoms with Gasteiger partial charge in [-0.25, -0.2) is 0 Å². The molecule has 0 N–H and O–H groups in total. The van der Waals surface area contributed by atoms with Crippen molar-refractivity contribution in [2.24, 2.45) is 5.92 Å². The van der Waals surface area contributed by atoms with E-state index in [2.05, 4.69) is 0 Å². The van der Waals surface area contributed by atoms with Crippen molar-refractivity contribution in [3.8, 4) is 5.75 Å². The van der Waals surface area contributed by atoms with Crippen LogP contribution in [0.5, 0.6) is 5.75 Å². The van der Waals surface area contributed by atoms with Crippen molar-refractivity contribution in [3.05, 3.63) is 24.3 Å². The lowest BCUT2D eigenvalue weighted by molar-refractivity contribution is -0.162. The minimum absolute atomic E-state index is 0.0657. The zero-order valence-corrected chi connectivity index (χ0v) is 17.4. The van der Waals surface area contributed by atoms with Gasteiger partial charge in [0.2, 0.25) is 5.91 Å². The second-order valence-corrected chi connectivity index (χ2v) is 7.90. The van der Waals surface area contributed by atoms with Crippen molar-refractivity contribution in [3.63, 3.8) is 0 Å². The third-order valence-corrected chi connectivity index (χ3v) is 5.95. The number of carbonyl (C=O) groups excluding carboxylic acids is 3. The Morgan fingerprint density at radius 3 is 2.55 bits per heavy atom. The maximum absolute atomic E-state index is 12.7. The molecule has 29 heavy (non-hydrogen) atoms. The van der Waals surface area contributed by atoms with E-state index < -0.39 is 18.0 Å². The van der Waals surface area contributed by atoms with E-state index in [-0.39, 0.29) is 30.8 Å². The lowest BCUT2D eigenvalue weighted by atomic mass is 9.94. The van der Waals surface area contributed by atoms with Crippen LogP contribution in [0.1, 0.15) is 45.4 Å². The minimum Gasteiger partial charge on any atom is -0.495 e. The number of hydrogen-bond acceptors (Lipinski definition) is 5. The molecule has 2 aliphatic rings. The highest BCUT2D eigenvalue weighted by atomic mass is 16.5. The maximum atomic E-state index is 12.7. The second kappa shape index (κ2) is 9.29. The van der Waals surface area contributed by atoms with Gasteiger partial charge >= 0.3 is 5.97 Å². The molecule has 1 heterocycles. The summed E-state index contributed by atoms with van der Waals surface area (Å²) >= 11 is 0. The fraction of sp³-hybridized carbons (Fsp3) is 0.591. The highest BCUT2D eigenvalue weighted by Gasteiger charge is 2.38. The smallest absolute Gasteiger partial charge is 0.312 e. The summed E-state index contributed by atoms with van der Waals surface area (Å²) in [4.78, 5) is 41.1. The van der Waals surface area contributed by atoms with E-state index in [0.29, 0.717) is 11.4 Å². The number of methoxy groups -OCH3 is 1. The lowest BCUT2D eigenvalue weighted by Crippen LogP contribution is -2.44. The van der Waals surface area contributed by atoms with Crippen molar-refractivity contribution in [2.45, 2.75) is 57.6 Å². The molecule has 0 aromatic heterocycles. The summed E-state index contributed by atoms with van der Waals surface area (Å²) in [5.41, 5.74) is 0.636. The van der Waals surface area contributed by atoms with Gasteiger partial charge < -0.3 is 19.3 Å². The number of hydrogen-bond donors (Lipinski definition) is 0. The van der Waals surface area contributed by atoms with Crippen molar-refractivity contribution < 1.29 is 23.9 Å². The summed E-state index contributed by atoms with van der Waals surface area (Å²) < 4.78 is 10.8. The van der Waals surface area contributed by atoms with Crippen molar-refractivity contribution >= 4 is 23.5 Å². The van der Waals surface area contributed by atoms with E-state index in [1.54, 1.807) is 43.0 Å². The molecule has 0 spiro atoms. The van der Waals surface area contributed by atoms with E-state index in [1.807, 2.05) is 12.1 Å². The highest BCUT2D eigenvalue weighted by Crippen LogP contribution is 2.33. The van der Waals surface area contributed by atoms with Gasteiger partial charge in [-0.3, -0.25) is 14.4 Å². The standard InChI is InChI=1S/C22H30N2O5/c1-15(21(26)23(2)17-9-5-4-6-10-17)29-22(27)16-13-20(25)24(14-16)18-11-7-8-12-19(18)28-3/h7-8,11-12,15-17H,4-6,9-10,13-14H2,1-3H3. The number of nitrogens with zero attached hydrogens (tertiary/aromatic N) is 2. The summed E-state index contributed by atoms with van der Waals surface area (Å²) in [6, 6.07) is 7.42. The Kier molecular flexibility index (Phi) is 6.77. The third kappa shape index (κ3) is 4.71. The van der Waals surface area contributed by atoms with E-state index in [0.717, 1.165) is 25.7 Å². The van der Waals surface area contributed by atoms with Gasteiger partial charge in [0.25, 0.3) is 5.91 Å². The number of carbonyl (C=O) groups is 3. The Hall–Kier alpha value is -2.57. The van der Waals surface area contributed by atoms with E-state index >= 15 is 0 Å². The minimum atomic E-state index is -0.857. The molecule has 1 aliphatic heterocycles. The predicted molar refractivity (Wildman–Crippen MR) is 109 cm³/mol. The highest BCUT2D eigenvalue weighted by molar-refractivity contribution is 6.00. The largest absolute Gasteiger partial charge is 0.495 e. The molecule has 2 atom stereocenters. The molecule has 3 rings (SSSR count). The average molecular weight is 402 g/mol. The van der Waals surface area contributed by atoms with Crippen molar-refractivity contribution in [1.82, 2.24) is 4.90 Å². The Morgan fingerprint density at radius 1 is 1.17 bits per heavy atom. The number of para-hydroxylation sites is 2. The van der Waals surface area contributed by atoms with Crippen LogP contribution in [-0.4, -0.2) is 55.5 Å². The molecule has 2 amide bonds. The van der Waals surface area contributed by atoms with Crippen LogP contribution in [0.3, 0.4) is 0 Å². The molecule has 7 nitrogen and oxygen atoms in total. The zero-order valence-electron chi connectivity index (χ0n) is 17.4. The SMILES string of the molecule is COc1ccccc1N1CC(C(=O)OC(C)C(=O)N(C)C2CCCCC2)CC1=O. The van der Waals surface area contributed by atoms with Crippen LogP contribution in [0.15, 0.2) is 24.3 Å². The van der Waals surface area contributed by atoms with E-state index in [9.17, 15) is 14.4 Å². The Morgan fingerprint density at radius 2 is 1.86 bits per heavy atom. The molecule has 1 saturated carbocycles. The fourth-order valence-corrected chi connectivity index (χ4v) is 4.21. The molecular formula is C22H30N2O5. The Bertz CT molecular complexity index is 759. The number of rotatable bonds is 6. The quantitative estimate of drug-likeness (QED) is 0.684. The van der Waals surface area contributed by atoms with Gasteiger partial charge in [-0.2, -0.15) is 0 Å². The molecule has 1 aliphatic carbocycles. The molecule has 0 radical (unpaired) electrons. The fourth-order valence-electron chi connectivity index (χ4n) is 4.21. The number of anilines is 1. The van der Waals surface area contributed by atoms with Crippen LogP contribution < -0.4 is 9.64 Å². The second-order valence-electron chi connectivity index (χ2n) is 7.90.